The molecule has 3 rings (SSSR count). The lowest BCUT2D eigenvalue weighted by Crippen LogP contribution is -2.19. The summed E-state index contributed by atoms with van der Waals surface area (Å²) in [6, 6.07) is 9.52. The standard InChI is InChI=1S/C20H31O3P/c21-24(20-14-8-3-9-15-20,22-16-18-10-4-1-5-11-18)23-17-19-12-6-2-7-13-19/h3,8-9,14-15,18-19H,1-2,4-7,10-13,16-17H2. The van der Waals surface area contributed by atoms with Gasteiger partial charge >= 0.3 is 7.60 Å². The average molecular weight is 350 g/mol. The zero-order chi connectivity index (χ0) is 16.7. The van der Waals surface area contributed by atoms with E-state index in [1.165, 1.54) is 64.2 Å². The molecule has 1 aromatic rings. The van der Waals surface area contributed by atoms with Crippen LogP contribution in [0.4, 0.5) is 0 Å². The Bertz CT molecular complexity index is 493. The van der Waals surface area contributed by atoms with Crippen LogP contribution in [0.15, 0.2) is 30.3 Å². The first-order valence-electron chi connectivity index (χ1n) is 9.71. The monoisotopic (exact) mass is 350 g/mol. The Morgan fingerprint density at radius 3 is 1.67 bits per heavy atom. The Balaban J connectivity index is 1.62. The largest absolute Gasteiger partial charge is 0.361 e. The van der Waals surface area contributed by atoms with Crippen LogP contribution in [0.2, 0.25) is 0 Å². The molecule has 2 aliphatic carbocycles. The highest BCUT2D eigenvalue weighted by Crippen LogP contribution is 2.49. The van der Waals surface area contributed by atoms with Crippen molar-refractivity contribution < 1.29 is 13.6 Å². The summed E-state index contributed by atoms with van der Waals surface area (Å²) in [5.74, 6) is 1.07. The van der Waals surface area contributed by atoms with Gasteiger partial charge in [0, 0.05) is 0 Å². The van der Waals surface area contributed by atoms with Crippen LogP contribution in [-0.4, -0.2) is 13.2 Å². The Morgan fingerprint density at radius 2 is 1.21 bits per heavy atom. The van der Waals surface area contributed by atoms with E-state index >= 15 is 0 Å². The zero-order valence-corrected chi connectivity index (χ0v) is 15.6. The van der Waals surface area contributed by atoms with Crippen molar-refractivity contribution in [1.29, 1.82) is 0 Å². The number of rotatable bonds is 7. The second-order valence-electron chi connectivity index (χ2n) is 7.43. The van der Waals surface area contributed by atoms with Gasteiger partial charge in [-0.3, -0.25) is 4.57 Å². The lowest BCUT2D eigenvalue weighted by molar-refractivity contribution is 0.143. The van der Waals surface area contributed by atoms with Crippen LogP contribution >= 0.6 is 7.60 Å². The molecular formula is C20H31O3P. The van der Waals surface area contributed by atoms with Gasteiger partial charge in [-0.15, -0.1) is 0 Å². The Labute approximate surface area is 146 Å². The van der Waals surface area contributed by atoms with E-state index in [0.29, 0.717) is 30.4 Å². The quantitative estimate of drug-likeness (QED) is 0.592. The molecule has 0 saturated heterocycles. The van der Waals surface area contributed by atoms with Crippen molar-refractivity contribution in [2.45, 2.75) is 64.2 Å². The molecule has 4 heteroatoms. The SMILES string of the molecule is O=P(OCC1CCCCC1)(OCC1CCCCC1)c1ccccc1. The van der Waals surface area contributed by atoms with Crippen molar-refractivity contribution in [3.8, 4) is 0 Å². The lowest BCUT2D eigenvalue weighted by Gasteiger charge is -2.27. The van der Waals surface area contributed by atoms with Gasteiger partial charge in [0.05, 0.1) is 18.5 Å². The van der Waals surface area contributed by atoms with Crippen molar-refractivity contribution in [3.05, 3.63) is 30.3 Å². The van der Waals surface area contributed by atoms with Crippen LogP contribution in [0.3, 0.4) is 0 Å². The van der Waals surface area contributed by atoms with Gasteiger partial charge in [-0.05, 0) is 49.7 Å². The van der Waals surface area contributed by atoms with Gasteiger partial charge in [0.15, 0.2) is 0 Å². The fourth-order valence-corrected chi connectivity index (χ4v) is 5.64. The number of hydrogen-bond acceptors (Lipinski definition) is 3. The van der Waals surface area contributed by atoms with Crippen LogP contribution in [0.5, 0.6) is 0 Å². The van der Waals surface area contributed by atoms with Crippen LogP contribution < -0.4 is 5.30 Å². The molecule has 3 nitrogen and oxygen atoms in total. The van der Waals surface area contributed by atoms with Crippen LogP contribution in [0.1, 0.15) is 64.2 Å². The minimum Gasteiger partial charge on any atom is -0.305 e. The molecule has 2 saturated carbocycles. The van der Waals surface area contributed by atoms with Crippen molar-refractivity contribution >= 4 is 12.9 Å². The molecule has 0 heterocycles. The molecule has 0 aromatic heterocycles. The summed E-state index contributed by atoms with van der Waals surface area (Å²) in [5.41, 5.74) is 0. The molecule has 134 valence electrons. The third-order valence-corrected chi connectivity index (χ3v) is 7.39. The maximum absolute atomic E-state index is 13.5. The van der Waals surface area contributed by atoms with E-state index in [9.17, 15) is 4.57 Å². The second-order valence-corrected chi connectivity index (χ2v) is 9.46. The predicted molar refractivity (Wildman–Crippen MR) is 98.7 cm³/mol. The topological polar surface area (TPSA) is 35.5 Å². The maximum Gasteiger partial charge on any atom is 0.361 e. The summed E-state index contributed by atoms with van der Waals surface area (Å²) < 4.78 is 25.4. The molecule has 0 unspecified atom stereocenters. The van der Waals surface area contributed by atoms with Gasteiger partial charge in [-0.1, -0.05) is 56.7 Å². The van der Waals surface area contributed by atoms with Crippen LogP contribution in [0, 0.1) is 11.8 Å². The number of hydrogen-bond donors (Lipinski definition) is 0. The van der Waals surface area contributed by atoms with E-state index in [4.69, 9.17) is 9.05 Å². The van der Waals surface area contributed by atoms with Gasteiger partial charge in [0.25, 0.3) is 0 Å². The van der Waals surface area contributed by atoms with Crippen molar-refractivity contribution in [1.82, 2.24) is 0 Å². The van der Waals surface area contributed by atoms with Gasteiger partial charge in [-0.2, -0.15) is 0 Å². The van der Waals surface area contributed by atoms with Crippen LogP contribution in [-0.2, 0) is 13.6 Å². The summed E-state index contributed by atoms with van der Waals surface area (Å²) in [6.07, 6.45) is 12.5. The smallest absolute Gasteiger partial charge is 0.305 e. The van der Waals surface area contributed by atoms with Gasteiger partial charge in [0.1, 0.15) is 0 Å². The Kier molecular flexibility index (Phi) is 6.95. The molecular weight excluding hydrogens is 319 g/mol. The summed E-state index contributed by atoms with van der Waals surface area (Å²) in [4.78, 5) is 0. The first kappa shape index (κ1) is 18.2. The molecule has 0 atom stereocenters. The Morgan fingerprint density at radius 1 is 0.750 bits per heavy atom. The first-order chi connectivity index (χ1) is 11.8. The first-order valence-corrected chi connectivity index (χ1v) is 11.3. The molecule has 0 bridgehead atoms. The summed E-state index contributed by atoms with van der Waals surface area (Å²) >= 11 is 0. The van der Waals surface area contributed by atoms with Gasteiger partial charge < -0.3 is 9.05 Å². The van der Waals surface area contributed by atoms with Gasteiger partial charge in [-0.25, -0.2) is 0 Å². The highest BCUT2D eigenvalue weighted by molar-refractivity contribution is 7.62. The molecule has 24 heavy (non-hydrogen) atoms. The lowest BCUT2D eigenvalue weighted by atomic mass is 9.90. The highest BCUT2D eigenvalue weighted by atomic mass is 31.2. The predicted octanol–water partition coefficient (Wildman–Crippen LogP) is 5.70. The molecule has 0 aliphatic heterocycles. The molecule has 0 amide bonds. The summed E-state index contributed by atoms with van der Waals surface area (Å²) in [6.45, 7) is 1.13. The average Bonchev–Trinajstić information content (AvgIpc) is 2.67. The van der Waals surface area contributed by atoms with E-state index in [0.717, 1.165) is 0 Å². The molecule has 2 fully saturated rings. The van der Waals surface area contributed by atoms with E-state index in [2.05, 4.69) is 0 Å². The highest BCUT2D eigenvalue weighted by Gasteiger charge is 2.30. The molecule has 2 aliphatic rings. The minimum absolute atomic E-state index is 0.536. The van der Waals surface area contributed by atoms with E-state index < -0.39 is 7.60 Å². The number of benzene rings is 1. The van der Waals surface area contributed by atoms with E-state index in [1.807, 2.05) is 30.3 Å². The van der Waals surface area contributed by atoms with Crippen molar-refractivity contribution in [2.75, 3.05) is 13.2 Å². The molecule has 1 aromatic carbocycles. The van der Waals surface area contributed by atoms with Crippen molar-refractivity contribution in [3.63, 3.8) is 0 Å². The van der Waals surface area contributed by atoms with Gasteiger partial charge in [0.2, 0.25) is 0 Å². The zero-order valence-electron chi connectivity index (χ0n) is 14.7. The molecule has 0 N–H and O–H groups in total. The summed E-state index contributed by atoms with van der Waals surface area (Å²) in [5, 5.41) is 0.705. The molecule has 0 spiro atoms. The third kappa shape index (κ3) is 5.18. The minimum atomic E-state index is -3.20. The van der Waals surface area contributed by atoms with E-state index in [1.54, 1.807) is 0 Å². The summed E-state index contributed by atoms with van der Waals surface area (Å²) in [7, 11) is -3.20. The van der Waals surface area contributed by atoms with E-state index in [-0.39, 0.29) is 0 Å². The second kappa shape index (κ2) is 9.17. The van der Waals surface area contributed by atoms with Crippen LogP contribution in [0.25, 0.3) is 0 Å². The van der Waals surface area contributed by atoms with Crippen molar-refractivity contribution in [2.24, 2.45) is 11.8 Å². The normalized spacial score (nSPS) is 21.0. The fourth-order valence-electron chi connectivity index (χ4n) is 3.91. The fraction of sp³-hybridized carbons (Fsp3) is 0.700. The maximum atomic E-state index is 13.5. The Hall–Kier alpha value is -0.630. The molecule has 0 radical (unpaired) electrons. The third-order valence-electron chi connectivity index (χ3n) is 5.48.